The highest BCUT2D eigenvalue weighted by atomic mass is 19.2. The van der Waals surface area contributed by atoms with E-state index in [9.17, 15) is 8.78 Å². The highest BCUT2D eigenvalue weighted by Crippen LogP contribution is 2.17. The first kappa shape index (κ1) is 11.0. The molecule has 14 heavy (non-hydrogen) atoms. The molecule has 0 radical (unpaired) electrons. The van der Waals surface area contributed by atoms with Crippen molar-refractivity contribution in [2.75, 3.05) is 11.9 Å². The molecule has 1 nitrogen and oxygen atoms in total. The molecule has 0 fully saturated rings. The number of rotatable bonds is 4. The van der Waals surface area contributed by atoms with E-state index in [1.165, 1.54) is 6.07 Å². The Morgan fingerprint density at radius 3 is 2.71 bits per heavy atom. The molecule has 0 spiro atoms. The second-order valence-electron chi connectivity index (χ2n) is 3.50. The summed E-state index contributed by atoms with van der Waals surface area (Å²) in [7, 11) is 0. The van der Waals surface area contributed by atoms with E-state index in [0.29, 0.717) is 12.5 Å². The Labute approximate surface area is 83.1 Å². The van der Waals surface area contributed by atoms with Gasteiger partial charge in [-0.15, -0.1) is 0 Å². The minimum absolute atomic E-state index is 0.241. The fraction of sp³-hybridized carbons (Fsp3) is 0.455. The number of hydrogen-bond donors (Lipinski definition) is 1. The third-order valence-corrected chi connectivity index (χ3v) is 2.29. The number of nitrogens with one attached hydrogen (secondary N) is 1. The standard InChI is InChI=1S/C11H15F2N/c1-3-8(2)7-14-10-6-4-5-9(12)11(10)13/h4-6,8,14H,3,7H2,1-2H3/t8-/m0/s1. The summed E-state index contributed by atoms with van der Waals surface area (Å²) in [6, 6.07) is 4.15. The molecule has 0 heterocycles. The van der Waals surface area contributed by atoms with Crippen LogP contribution in [0.2, 0.25) is 0 Å². The first-order valence-electron chi connectivity index (χ1n) is 4.83. The van der Waals surface area contributed by atoms with Gasteiger partial charge in [-0.1, -0.05) is 26.3 Å². The van der Waals surface area contributed by atoms with Gasteiger partial charge in [0.15, 0.2) is 11.6 Å². The lowest BCUT2D eigenvalue weighted by atomic mass is 10.1. The molecule has 1 aromatic rings. The van der Waals surface area contributed by atoms with E-state index in [0.717, 1.165) is 12.5 Å². The van der Waals surface area contributed by atoms with Crippen molar-refractivity contribution in [3.05, 3.63) is 29.8 Å². The average molecular weight is 199 g/mol. The molecule has 0 aliphatic rings. The smallest absolute Gasteiger partial charge is 0.181 e. The van der Waals surface area contributed by atoms with E-state index in [2.05, 4.69) is 19.2 Å². The summed E-state index contributed by atoms with van der Waals surface area (Å²) < 4.78 is 25.9. The first-order valence-corrected chi connectivity index (χ1v) is 4.83. The minimum atomic E-state index is -0.806. The summed E-state index contributed by atoms with van der Waals surface area (Å²) in [5.41, 5.74) is 0.241. The Kier molecular flexibility index (Phi) is 3.86. The maximum Gasteiger partial charge on any atom is 0.181 e. The van der Waals surface area contributed by atoms with E-state index in [1.54, 1.807) is 6.07 Å². The van der Waals surface area contributed by atoms with Gasteiger partial charge in [0.25, 0.3) is 0 Å². The van der Waals surface area contributed by atoms with Crippen molar-refractivity contribution in [1.29, 1.82) is 0 Å². The Morgan fingerprint density at radius 1 is 1.36 bits per heavy atom. The van der Waals surface area contributed by atoms with Gasteiger partial charge in [-0.2, -0.15) is 0 Å². The summed E-state index contributed by atoms with van der Waals surface area (Å²) in [5, 5.41) is 2.89. The van der Waals surface area contributed by atoms with Crippen molar-refractivity contribution in [1.82, 2.24) is 0 Å². The first-order chi connectivity index (χ1) is 6.65. The molecule has 78 valence electrons. The molecule has 1 rings (SSSR count). The average Bonchev–Trinajstić information content (AvgIpc) is 2.20. The maximum absolute atomic E-state index is 13.1. The summed E-state index contributed by atoms with van der Waals surface area (Å²) in [5.74, 6) is -1.15. The summed E-state index contributed by atoms with van der Waals surface area (Å²) in [6.07, 6.45) is 1.02. The maximum atomic E-state index is 13.1. The molecule has 0 bridgehead atoms. The zero-order valence-electron chi connectivity index (χ0n) is 8.48. The zero-order valence-corrected chi connectivity index (χ0v) is 8.48. The van der Waals surface area contributed by atoms with Gasteiger partial charge in [0.05, 0.1) is 5.69 Å². The van der Waals surface area contributed by atoms with Crippen LogP contribution < -0.4 is 5.32 Å². The minimum Gasteiger partial charge on any atom is -0.382 e. The molecule has 1 N–H and O–H groups in total. The van der Waals surface area contributed by atoms with Crippen LogP contribution in [0.25, 0.3) is 0 Å². The third-order valence-electron chi connectivity index (χ3n) is 2.29. The number of halogens is 2. The van der Waals surface area contributed by atoms with Crippen molar-refractivity contribution in [2.45, 2.75) is 20.3 Å². The van der Waals surface area contributed by atoms with Crippen LogP contribution in [0.3, 0.4) is 0 Å². The van der Waals surface area contributed by atoms with Gasteiger partial charge in [0.1, 0.15) is 0 Å². The second kappa shape index (κ2) is 4.94. The topological polar surface area (TPSA) is 12.0 Å². The lowest BCUT2D eigenvalue weighted by Gasteiger charge is -2.11. The predicted molar refractivity (Wildman–Crippen MR) is 54.3 cm³/mol. The van der Waals surface area contributed by atoms with E-state index in [1.807, 2.05) is 0 Å². The fourth-order valence-electron chi connectivity index (χ4n) is 1.07. The highest BCUT2D eigenvalue weighted by molar-refractivity contribution is 5.44. The van der Waals surface area contributed by atoms with Crippen molar-refractivity contribution < 1.29 is 8.78 Å². The molecule has 0 aliphatic heterocycles. The Bertz CT molecular complexity index is 299. The Balaban J connectivity index is 2.63. The third kappa shape index (κ3) is 2.69. The zero-order chi connectivity index (χ0) is 10.6. The molecule has 3 heteroatoms. The molecule has 0 saturated heterocycles. The molecule has 0 unspecified atom stereocenters. The Hall–Kier alpha value is -1.12. The quantitative estimate of drug-likeness (QED) is 0.783. The van der Waals surface area contributed by atoms with Gasteiger partial charge in [-0.05, 0) is 18.1 Å². The second-order valence-corrected chi connectivity index (χ2v) is 3.50. The molecule has 0 aromatic heterocycles. The largest absolute Gasteiger partial charge is 0.382 e. The normalized spacial score (nSPS) is 12.6. The van der Waals surface area contributed by atoms with Gasteiger partial charge in [-0.3, -0.25) is 0 Å². The summed E-state index contributed by atoms with van der Waals surface area (Å²) >= 11 is 0. The van der Waals surface area contributed by atoms with Crippen LogP contribution in [0.5, 0.6) is 0 Å². The molecule has 0 saturated carbocycles. The van der Waals surface area contributed by atoms with Crippen LogP contribution >= 0.6 is 0 Å². The van der Waals surface area contributed by atoms with Gasteiger partial charge < -0.3 is 5.32 Å². The predicted octanol–water partition coefficient (Wildman–Crippen LogP) is 3.42. The SMILES string of the molecule is CC[C@H](C)CNc1cccc(F)c1F. The van der Waals surface area contributed by atoms with Crippen LogP contribution in [0.1, 0.15) is 20.3 Å². The van der Waals surface area contributed by atoms with E-state index in [4.69, 9.17) is 0 Å². The Morgan fingerprint density at radius 2 is 2.07 bits per heavy atom. The molecule has 1 atom stereocenters. The molecular formula is C11H15F2N. The summed E-state index contributed by atoms with van der Waals surface area (Å²) in [6.45, 7) is 4.79. The van der Waals surface area contributed by atoms with E-state index in [-0.39, 0.29) is 5.69 Å². The van der Waals surface area contributed by atoms with Crippen LogP contribution in [0.4, 0.5) is 14.5 Å². The molecule has 1 aromatic carbocycles. The summed E-state index contributed by atoms with van der Waals surface area (Å²) in [4.78, 5) is 0. The highest BCUT2D eigenvalue weighted by Gasteiger charge is 2.07. The van der Waals surface area contributed by atoms with Gasteiger partial charge in [-0.25, -0.2) is 8.78 Å². The van der Waals surface area contributed by atoms with Gasteiger partial charge >= 0.3 is 0 Å². The lowest BCUT2D eigenvalue weighted by Crippen LogP contribution is -2.11. The van der Waals surface area contributed by atoms with Gasteiger partial charge in [0, 0.05) is 6.54 Å². The number of anilines is 1. The van der Waals surface area contributed by atoms with E-state index < -0.39 is 11.6 Å². The van der Waals surface area contributed by atoms with Crippen molar-refractivity contribution in [3.63, 3.8) is 0 Å². The van der Waals surface area contributed by atoms with Crippen LogP contribution in [0, 0.1) is 17.6 Å². The number of benzene rings is 1. The van der Waals surface area contributed by atoms with Crippen LogP contribution in [-0.2, 0) is 0 Å². The van der Waals surface area contributed by atoms with Crippen molar-refractivity contribution >= 4 is 5.69 Å². The van der Waals surface area contributed by atoms with Crippen LogP contribution in [-0.4, -0.2) is 6.54 Å². The van der Waals surface area contributed by atoms with Crippen LogP contribution in [0.15, 0.2) is 18.2 Å². The molecule has 0 aliphatic carbocycles. The monoisotopic (exact) mass is 199 g/mol. The molecular weight excluding hydrogens is 184 g/mol. The lowest BCUT2D eigenvalue weighted by molar-refractivity contribution is 0.509. The van der Waals surface area contributed by atoms with Crippen molar-refractivity contribution in [2.24, 2.45) is 5.92 Å². The van der Waals surface area contributed by atoms with Gasteiger partial charge in [0.2, 0.25) is 0 Å². The van der Waals surface area contributed by atoms with Crippen molar-refractivity contribution in [3.8, 4) is 0 Å². The fourth-order valence-corrected chi connectivity index (χ4v) is 1.07. The number of hydrogen-bond acceptors (Lipinski definition) is 1. The molecule has 0 amide bonds. The van der Waals surface area contributed by atoms with E-state index >= 15 is 0 Å².